The van der Waals surface area contributed by atoms with Crippen LogP contribution in [0.2, 0.25) is 0 Å². The number of para-hydroxylation sites is 1. The van der Waals surface area contributed by atoms with Crippen LogP contribution in [0.25, 0.3) is 10.9 Å². The number of hydrogen-bond acceptors (Lipinski definition) is 5. The number of anilines is 1. The van der Waals surface area contributed by atoms with Crippen LogP contribution in [0, 0.1) is 17.0 Å². The van der Waals surface area contributed by atoms with E-state index >= 15 is 0 Å². The van der Waals surface area contributed by atoms with Crippen LogP contribution in [0.1, 0.15) is 34.9 Å². The Morgan fingerprint density at radius 3 is 2.83 bits per heavy atom. The van der Waals surface area contributed by atoms with E-state index in [0.717, 1.165) is 41.0 Å². The number of fused-ring (bicyclic) bond motifs is 11. The van der Waals surface area contributed by atoms with Gasteiger partial charge in [0.05, 0.1) is 12.5 Å². The quantitative estimate of drug-likeness (QED) is 0.341. The third-order valence-electron chi connectivity index (χ3n) is 9.77. The molecule has 0 spiro atoms. The lowest BCUT2D eigenvalue weighted by Gasteiger charge is -2.54. The second-order valence-corrected chi connectivity index (χ2v) is 11.8. The highest BCUT2D eigenvalue weighted by molar-refractivity contribution is 5.87. The number of nitrogens with zero attached hydrogens (tertiary/aromatic N) is 3. The summed E-state index contributed by atoms with van der Waals surface area (Å²) in [4.78, 5) is 35.2. The second-order valence-electron chi connectivity index (χ2n) is 11.8. The van der Waals surface area contributed by atoms with Crippen LogP contribution in [0.15, 0.2) is 65.5 Å². The van der Waals surface area contributed by atoms with Crippen LogP contribution in [0.4, 0.5) is 11.4 Å². The molecule has 4 aromatic rings. The number of piperidine rings is 1. The maximum Gasteiger partial charge on any atom is 0.250 e. The summed E-state index contributed by atoms with van der Waals surface area (Å²) in [5, 5.41) is 21.8. The summed E-state index contributed by atoms with van der Waals surface area (Å²) < 4.78 is 1.92. The molecule has 9 heteroatoms. The van der Waals surface area contributed by atoms with Crippen molar-refractivity contribution in [2.24, 2.45) is 11.8 Å². The lowest BCUT2D eigenvalue weighted by Crippen LogP contribution is -2.99. The Bertz CT molecular complexity index is 1720. The lowest BCUT2D eigenvalue weighted by molar-refractivity contribution is -0.991. The third-order valence-corrected chi connectivity index (χ3v) is 9.77. The zero-order chi connectivity index (χ0) is 27.1. The van der Waals surface area contributed by atoms with Crippen molar-refractivity contribution in [1.29, 1.82) is 0 Å². The number of H-pyrrole nitrogens is 1. The van der Waals surface area contributed by atoms with Crippen molar-refractivity contribution in [3.8, 4) is 0 Å². The molecule has 40 heavy (non-hydrogen) atoms. The molecule has 9 nitrogen and oxygen atoms in total. The average Bonchev–Trinajstić information content (AvgIpc) is 3.34. The number of carbonyl (C=O) groups excluding carboxylic acids is 1. The topological polar surface area (TPSA) is 109 Å². The Labute approximate surface area is 230 Å². The number of pyridine rings is 1. The predicted octanol–water partition coefficient (Wildman–Crippen LogP) is 2.48. The molecule has 8 rings (SSSR count). The normalized spacial score (nSPS) is 25.6. The van der Waals surface area contributed by atoms with E-state index in [1.54, 1.807) is 18.2 Å². The molecule has 5 atom stereocenters. The largest absolute Gasteiger partial charge is 0.595 e. The second kappa shape index (κ2) is 8.79. The lowest BCUT2D eigenvalue weighted by atomic mass is 9.69. The zero-order valence-electron chi connectivity index (χ0n) is 22.0. The maximum atomic E-state index is 14.4. The third kappa shape index (κ3) is 3.51. The number of aromatic nitrogens is 2. The van der Waals surface area contributed by atoms with Gasteiger partial charge in [0, 0.05) is 77.8 Å². The van der Waals surface area contributed by atoms with E-state index in [1.165, 1.54) is 10.9 Å². The van der Waals surface area contributed by atoms with Gasteiger partial charge < -0.3 is 24.6 Å². The highest BCUT2D eigenvalue weighted by Crippen LogP contribution is 2.48. The van der Waals surface area contributed by atoms with Crippen molar-refractivity contribution >= 4 is 28.2 Å². The minimum atomic E-state index is -0.959. The van der Waals surface area contributed by atoms with E-state index in [4.69, 9.17) is 0 Å². The monoisotopic (exact) mass is 537 g/mol. The van der Waals surface area contributed by atoms with Crippen molar-refractivity contribution in [3.05, 3.63) is 98.7 Å². The summed E-state index contributed by atoms with van der Waals surface area (Å²) in [5.74, 6) is 0.152. The number of carbonyl (C=O) groups is 1. The fraction of sp³-hybridized carbons (Fsp3) is 0.355. The highest BCUT2D eigenvalue weighted by atomic mass is 16.8. The Morgan fingerprint density at radius 2 is 1.95 bits per heavy atom. The molecular weight excluding hydrogens is 506 g/mol. The Balaban J connectivity index is 1.19. The summed E-state index contributed by atoms with van der Waals surface area (Å²) in [6.07, 6.45) is 2.26. The standard InChI is InChI=1S/C31H31N5O4/c37-29-7-3-6-27-19-12-20(16-34(27)29)30-24(14-18-13-21(36(39)40)8-9-28(18)35(30)15-19)31(38)33-11-10-23-22-4-1-2-5-25(22)32-26(23)17-33/h1-9,13,19-20,24,30,32,36,39H,10-12,14-17H2. The number of aromatic amines is 1. The van der Waals surface area contributed by atoms with Crippen molar-refractivity contribution in [2.45, 2.75) is 44.3 Å². The molecule has 0 saturated carbocycles. The molecule has 1 saturated heterocycles. The van der Waals surface area contributed by atoms with Crippen LogP contribution < -0.4 is 15.7 Å². The van der Waals surface area contributed by atoms with Crippen molar-refractivity contribution in [2.75, 3.05) is 18.0 Å². The Hall–Kier alpha value is -3.92. The average molecular weight is 538 g/mol. The highest BCUT2D eigenvalue weighted by Gasteiger charge is 2.50. The number of amides is 1. The van der Waals surface area contributed by atoms with E-state index in [0.29, 0.717) is 32.6 Å². The SMILES string of the molecule is O=C(C1Cc2cc([NH+]([O-])O)ccc2N2CC3CC(Cn4c3cccc4=O)C12)N1CCc2c([nH]c3ccccc23)C1. The summed E-state index contributed by atoms with van der Waals surface area (Å²) >= 11 is 0. The van der Waals surface area contributed by atoms with Gasteiger partial charge in [-0.2, -0.15) is 5.23 Å². The number of hydrogen-bond donors (Lipinski definition) is 3. The molecule has 6 heterocycles. The van der Waals surface area contributed by atoms with Crippen molar-refractivity contribution in [1.82, 2.24) is 14.5 Å². The number of quaternary nitrogens is 1. The van der Waals surface area contributed by atoms with Crippen LogP contribution in [0.5, 0.6) is 0 Å². The molecule has 3 N–H and O–H groups in total. The molecule has 204 valence electrons. The minimum absolute atomic E-state index is 0.0215. The van der Waals surface area contributed by atoms with Gasteiger partial charge in [0.25, 0.3) is 5.56 Å². The first-order valence-corrected chi connectivity index (χ1v) is 14.2. The number of benzene rings is 2. The molecule has 2 aromatic carbocycles. The first kappa shape index (κ1) is 23.9. The van der Waals surface area contributed by atoms with Crippen molar-refractivity contribution in [3.63, 3.8) is 0 Å². The number of nitrogens with one attached hydrogen (secondary N) is 2. The maximum absolute atomic E-state index is 14.4. The minimum Gasteiger partial charge on any atom is -0.595 e. The summed E-state index contributed by atoms with van der Waals surface area (Å²) in [5.41, 5.74) is 6.77. The van der Waals surface area contributed by atoms with Crippen LogP contribution >= 0.6 is 0 Å². The Morgan fingerprint density at radius 1 is 1.07 bits per heavy atom. The summed E-state index contributed by atoms with van der Waals surface area (Å²) in [7, 11) is 0. The molecule has 0 aliphatic carbocycles. The molecule has 5 unspecified atom stereocenters. The molecule has 0 radical (unpaired) electrons. The van der Waals surface area contributed by atoms with Gasteiger partial charge in [-0.1, -0.05) is 24.3 Å². The molecule has 2 aromatic heterocycles. The first-order valence-electron chi connectivity index (χ1n) is 14.2. The molecule has 4 aliphatic heterocycles. The predicted molar refractivity (Wildman–Crippen MR) is 150 cm³/mol. The Kier molecular flexibility index (Phi) is 5.26. The summed E-state index contributed by atoms with van der Waals surface area (Å²) in [6, 6.07) is 19.1. The van der Waals surface area contributed by atoms with E-state index in [1.807, 2.05) is 27.7 Å². The zero-order valence-corrected chi connectivity index (χ0v) is 22.0. The first-order chi connectivity index (χ1) is 19.5. The van der Waals surface area contributed by atoms with Gasteiger partial charge >= 0.3 is 0 Å². The molecule has 4 aliphatic rings. The summed E-state index contributed by atoms with van der Waals surface area (Å²) in [6.45, 7) is 2.52. The van der Waals surface area contributed by atoms with Gasteiger partial charge in [-0.05, 0) is 54.5 Å². The van der Waals surface area contributed by atoms with Gasteiger partial charge in [0.1, 0.15) is 0 Å². The molecular formula is C31H31N5O4. The molecule has 2 bridgehead atoms. The van der Waals surface area contributed by atoms with Gasteiger partial charge in [-0.15, -0.1) is 0 Å². The molecule has 1 amide bonds. The van der Waals surface area contributed by atoms with E-state index < -0.39 is 5.23 Å². The van der Waals surface area contributed by atoms with Crippen LogP contribution in [-0.4, -0.2) is 44.7 Å². The van der Waals surface area contributed by atoms with Gasteiger partial charge in [-0.3, -0.25) is 9.59 Å². The smallest absolute Gasteiger partial charge is 0.250 e. The van der Waals surface area contributed by atoms with Crippen LogP contribution in [-0.2, 0) is 30.7 Å². The fourth-order valence-electron chi connectivity index (χ4n) is 8.09. The molecule has 1 fully saturated rings. The van der Waals surface area contributed by atoms with Gasteiger partial charge in [0.15, 0.2) is 5.69 Å². The van der Waals surface area contributed by atoms with E-state index in [9.17, 15) is 20.0 Å². The number of rotatable bonds is 2. The fourth-order valence-corrected chi connectivity index (χ4v) is 8.09. The van der Waals surface area contributed by atoms with E-state index in [2.05, 4.69) is 34.1 Å². The van der Waals surface area contributed by atoms with E-state index in [-0.39, 0.29) is 40.9 Å². The van der Waals surface area contributed by atoms with Crippen molar-refractivity contribution < 1.29 is 15.2 Å². The van der Waals surface area contributed by atoms with Gasteiger partial charge in [-0.25, -0.2) is 5.21 Å². The van der Waals surface area contributed by atoms with Gasteiger partial charge in [0.2, 0.25) is 5.91 Å². The van der Waals surface area contributed by atoms with Crippen LogP contribution in [0.3, 0.4) is 0 Å².